The molecule has 2 nitrogen and oxygen atoms in total. The third kappa shape index (κ3) is 3.60. The lowest BCUT2D eigenvalue weighted by atomic mass is 9.64. The van der Waals surface area contributed by atoms with E-state index < -0.39 is 0 Å². The summed E-state index contributed by atoms with van der Waals surface area (Å²) in [4.78, 5) is 0. The Morgan fingerprint density at radius 1 is 1.24 bits per heavy atom. The number of nitrogens with one attached hydrogen (secondary N) is 1. The second-order valence-corrected chi connectivity index (χ2v) is 7.51. The summed E-state index contributed by atoms with van der Waals surface area (Å²) in [6, 6.07) is 4.57. The fourth-order valence-corrected chi connectivity index (χ4v) is 3.94. The van der Waals surface area contributed by atoms with E-state index in [1.54, 1.807) is 7.11 Å². The minimum atomic E-state index is 0.454. The monoisotopic (exact) mass is 289 g/mol. The molecule has 1 aromatic rings. The summed E-state index contributed by atoms with van der Waals surface area (Å²) >= 11 is 0. The molecule has 2 heteroatoms. The molecule has 1 N–H and O–H groups in total. The van der Waals surface area contributed by atoms with Crippen molar-refractivity contribution in [1.29, 1.82) is 0 Å². The molecule has 0 radical (unpaired) electrons. The second-order valence-electron chi connectivity index (χ2n) is 7.51. The number of ether oxygens (including phenoxy) is 1. The summed E-state index contributed by atoms with van der Waals surface area (Å²) in [5.41, 5.74) is 4.61. The van der Waals surface area contributed by atoms with Gasteiger partial charge in [0.15, 0.2) is 0 Å². The molecule has 0 bridgehead atoms. The fraction of sp³-hybridized carbons (Fsp3) is 0.684. The van der Waals surface area contributed by atoms with Crippen LogP contribution in [0, 0.1) is 25.2 Å². The van der Waals surface area contributed by atoms with Crippen LogP contribution in [0.2, 0.25) is 0 Å². The van der Waals surface area contributed by atoms with Gasteiger partial charge in [-0.05, 0) is 86.7 Å². The van der Waals surface area contributed by atoms with E-state index in [1.165, 1.54) is 36.0 Å². The molecule has 2 atom stereocenters. The Bertz CT molecular complexity index is 493. The number of aryl methyl sites for hydroxylation is 2. The zero-order chi connectivity index (χ0) is 15.6. The van der Waals surface area contributed by atoms with Crippen LogP contribution in [-0.2, 0) is 0 Å². The van der Waals surface area contributed by atoms with Gasteiger partial charge in [0.05, 0.1) is 7.11 Å². The van der Waals surface area contributed by atoms with Gasteiger partial charge in [-0.3, -0.25) is 0 Å². The van der Waals surface area contributed by atoms with E-state index in [0.717, 1.165) is 18.2 Å². The molecule has 21 heavy (non-hydrogen) atoms. The van der Waals surface area contributed by atoms with Crippen LogP contribution in [0.15, 0.2) is 12.1 Å². The van der Waals surface area contributed by atoms with E-state index in [-0.39, 0.29) is 0 Å². The van der Waals surface area contributed by atoms with Gasteiger partial charge in [0.2, 0.25) is 0 Å². The maximum absolute atomic E-state index is 5.47. The molecule has 1 aromatic carbocycles. The maximum atomic E-state index is 5.47. The first-order valence-corrected chi connectivity index (χ1v) is 8.17. The van der Waals surface area contributed by atoms with Crippen molar-refractivity contribution in [3.63, 3.8) is 0 Å². The Labute approximate surface area is 130 Å². The molecular weight excluding hydrogens is 258 g/mol. The van der Waals surface area contributed by atoms with Gasteiger partial charge in [0.1, 0.15) is 5.75 Å². The molecule has 1 aliphatic rings. The average molecular weight is 289 g/mol. The van der Waals surface area contributed by atoms with Crippen molar-refractivity contribution in [2.24, 2.45) is 11.3 Å². The quantitative estimate of drug-likeness (QED) is 0.884. The largest absolute Gasteiger partial charge is 0.496 e. The zero-order valence-corrected chi connectivity index (χ0v) is 14.5. The van der Waals surface area contributed by atoms with Crippen molar-refractivity contribution in [2.45, 2.75) is 52.9 Å². The Hall–Kier alpha value is -1.02. The minimum Gasteiger partial charge on any atom is -0.496 e. The van der Waals surface area contributed by atoms with Crippen LogP contribution < -0.4 is 10.1 Å². The molecule has 2 unspecified atom stereocenters. The first-order valence-electron chi connectivity index (χ1n) is 8.17. The first-order chi connectivity index (χ1) is 9.88. The maximum Gasteiger partial charge on any atom is 0.122 e. The Balaban J connectivity index is 2.37. The Kier molecular flexibility index (Phi) is 4.98. The lowest BCUT2D eigenvalue weighted by Gasteiger charge is -2.42. The zero-order valence-electron chi connectivity index (χ0n) is 14.5. The summed E-state index contributed by atoms with van der Waals surface area (Å²) in [7, 11) is 3.83. The van der Waals surface area contributed by atoms with Crippen molar-refractivity contribution in [3.05, 3.63) is 28.8 Å². The Morgan fingerprint density at radius 3 is 2.57 bits per heavy atom. The van der Waals surface area contributed by atoms with Gasteiger partial charge in [-0.15, -0.1) is 0 Å². The van der Waals surface area contributed by atoms with Crippen LogP contribution in [-0.4, -0.2) is 20.7 Å². The highest BCUT2D eigenvalue weighted by Gasteiger charge is 2.36. The number of hydrogen-bond acceptors (Lipinski definition) is 2. The van der Waals surface area contributed by atoms with Crippen LogP contribution in [0.4, 0.5) is 0 Å². The van der Waals surface area contributed by atoms with Crippen molar-refractivity contribution < 1.29 is 4.74 Å². The summed E-state index contributed by atoms with van der Waals surface area (Å²) in [6.45, 7) is 10.3. The van der Waals surface area contributed by atoms with Gasteiger partial charge in [-0.2, -0.15) is 0 Å². The number of hydrogen-bond donors (Lipinski definition) is 1. The number of benzene rings is 1. The van der Waals surface area contributed by atoms with Crippen molar-refractivity contribution in [3.8, 4) is 5.75 Å². The molecule has 0 aromatic heterocycles. The third-order valence-electron chi connectivity index (χ3n) is 5.18. The van der Waals surface area contributed by atoms with Crippen LogP contribution in [0.1, 0.15) is 55.7 Å². The predicted octanol–water partition coefficient (Wildman–Crippen LogP) is 4.44. The average Bonchev–Trinajstić information content (AvgIpc) is 2.43. The SMILES string of the molecule is CNCC1CCC(C)(C)CC1c1cc(C)c(OC)cc1C. The summed E-state index contributed by atoms with van der Waals surface area (Å²) in [5, 5.41) is 3.40. The molecule has 1 saturated carbocycles. The van der Waals surface area contributed by atoms with E-state index in [1.807, 2.05) is 0 Å². The van der Waals surface area contributed by atoms with E-state index in [0.29, 0.717) is 11.3 Å². The van der Waals surface area contributed by atoms with Gasteiger partial charge in [-0.1, -0.05) is 19.9 Å². The normalized spacial score (nSPS) is 24.9. The summed E-state index contributed by atoms with van der Waals surface area (Å²) in [6.07, 6.45) is 3.94. The van der Waals surface area contributed by atoms with Gasteiger partial charge >= 0.3 is 0 Å². The van der Waals surface area contributed by atoms with E-state index in [4.69, 9.17) is 4.74 Å². The third-order valence-corrected chi connectivity index (χ3v) is 5.18. The first kappa shape index (κ1) is 16.4. The van der Waals surface area contributed by atoms with Crippen molar-refractivity contribution >= 4 is 0 Å². The molecule has 0 amide bonds. The van der Waals surface area contributed by atoms with Gasteiger partial charge in [0.25, 0.3) is 0 Å². The van der Waals surface area contributed by atoms with Crippen molar-refractivity contribution in [1.82, 2.24) is 5.32 Å². The number of methoxy groups -OCH3 is 1. The van der Waals surface area contributed by atoms with Crippen LogP contribution in [0.3, 0.4) is 0 Å². The van der Waals surface area contributed by atoms with E-state index >= 15 is 0 Å². The van der Waals surface area contributed by atoms with Gasteiger partial charge < -0.3 is 10.1 Å². The molecule has 0 spiro atoms. The molecule has 0 heterocycles. The standard InChI is InChI=1S/C19H31NO/c1-13-10-18(21-6)14(2)9-16(13)17-11-19(3,4)8-7-15(17)12-20-5/h9-10,15,17,20H,7-8,11-12H2,1-6H3. The smallest absolute Gasteiger partial charge is 0.122 e. The van der Waals surface area contributed by atoms with Crippen molar-refractivity contribution in [2.75, 3.05) is 20.7 Å². The molecule has 1 fully saturated rings. The molecule has 118 valence electrons. The van der Waals surface area contributed by atoms with Crippen LogP contribution >= 0.6 is 0 Å². The van der Waals surface area contributed by atoms with Crippen LogP contribution in [0.25, 0.3) is 0 Å². The lowest BCUT2D eigenvalue weighted by molar-refractivity contribution is 0.161. The van der Waals surface area contributed by atoms with Crippen LogP contribution in [0.5, 0.6) is 5.75 Å². The Morgan fingerprint density at radius 2 is 1.95 bits per heavy atom. The second kappa shape index (κ2) is 6.39. The van der Waals surface area contributed by atoms with E-state index in [9.17, 15) is 0 Å². The van der Waals surface area contributed by atoms with Gasteiger partial charge in [0, 0.05) is 0 Å². The minimum absolute atomic E-state index is 0.454. The topological polar surface area (TPSA) is 21.3 Å². The summed E-state index contributed by atoms with van der Waals surface area (Å²) in [5.74, 6) is 2.41. The van der Waals surface area contributed by atoms with Gasteiger partial charge in [-0.25, -0.2) is 0 Å². The number of rotatable bonds is 4. The van der Waals surface area contributed by atoms with E-state index in [2.05, 4.69) is 52.2 Å². The highest BCUT2D eigenvalue weighted by atomic mass is 16.5. The predicted molar refractivity (Wildman–Crippen MR) is 90.3 cm³/mol. The highest BCUT2D eigenvalue weighted by Crippen LogP contribution is 2.47. The highest BCUT2D eigenvalue weighted by molar-refractivity contribution is 5.43. The lowest BCUT2D eigenvalue weighted by Crippen LogP contribution is -2.34. The molecular formula is C19H31NO. The molecule has 0 saturated heterocycles. The molecule has 2 rings (SSSR count). The summed E-state index contributed by atoms with van der Waals surface area (Å²) < 4.78 is 5.47. The molecule has 1 aliphatic carbocycles. The fourth-order valence-electron chi connectivity index (χ4n) is 3.94. The molecule has 0 aliphatic heterocycles.